The summed E-state index contributed by atoms with van der Waals surface area (Å²) in [4.78, 5) is 18.2. The van der Waals surface area contributed by atoms with Crippen molar-refractivity contribution in [1.29, 1.82) is 0 Å². The van der Waals surface area contributed by atoms with Crippen molar-refractivity contribution in [2.24, 2.45) is 0 Å². The molecule has 1 atom stereocenters. The highest BCUT2D eigenvalue weighted by molar-refractivity contribution is 5.79. The predicted molar refractivity (Wildman–Crippen MR) is 87.8 cm³/mol. The van der Waals surface area contributed by atoms with Crippen molar-refractivity contribution in [2.45, 2.75) is 26.4 Å². The Bertz CT molecular complexity index is 875. The smallest absolute Gasteiger partial charge is 0.247 e. The zero-order valence-electron chi connectivity index (χ0n) is 14.2. The molecular weight excluding hydrogens is 325 g/mol. The van der Waals surface area contributed by atoms with E-state index in [2.05, 4.69) is 15.2 Å². The third-order valence-electron chi connectivity index (χ3n) is 3.93. The Labute approximate surface area is 144 Å². The van der Waals surface area contributed by atoms with Crippen LogP contribution >= 0.6 is 0 Å². The first-order valence-electron chi connectivity index (χ1n) is 7.79. The average Bonchev–Trinajstić information content (AvgIpc) is 3.27. The molecule has 3 aromatic rings. The van der Waals surface area contributed by atoms with Gasteiger partial charge in [0.15, 0.2) is 0 Å². The molecule has 0 unspecified atom stereocenters. The summed E-state index contributed by atoms with van der Waals surface area (Å²) in [6, 6.07) is 6.06. The number of halogens is 1. The molecule has 3 rings (SSSR count). The molecule has 2 aromatic heterocycles. The Hall–Kier alpha value is -3.03. The van der Waals surface area contributed by atoms with Gasteiger partial charge in [0.2, 0.25) is 17.6 Å². The SMILES string of the molecule is Cc1ccc(-c2noc(CN(C)C(=O)[C@@H](C)n3cccn3)n2)cc1F. The van der Waals surface area contributed by atoms with Gasteiger partial charge in [-0.15, -0.1) is 0 Å². The summed E-state index contributed by atoms with van der Waals surface area (Å²) < 4.78 is 20.4. The second-order valence-electron chi connectivity index (χ2n) is 5.83. The van der Waals surface area contributed by atoms with E-state index in [9.17, 15) is 9.18 Å². The number of amides is 1. The van der Waals surface area contributed by atoms with Crippen LogP contribution in [0.4, 0.5) is 4.39 Å². The lowest BCUT2D eigenvalue weighted by Crippen LogP contribution is -2.33. The highest BCUT2D eigenvalue weighted by atomic mass is 19.1. The van der Waals surface area contributed by atoms with Crippen LogP contribution < -0.4 is 0 Å². The first-order chi connectivity index (χ1) is 12.0. The molecule has 0 spiro atoms. The zero-order chi connectivity index (χ0) is 18.0. The standard InChI is InChI=1S/C17H18FN5O2/c1-11-5-6-13(9-14(11)18)16-20-15(25-21-16)10-22(3)17(24)12(2)23-8-4-7-19-23/h4-9,12H,10H2,1-3H3/t12-/m1/s1. The third-order valence-corrected chi connectivity index (χ3v) is 3.93. The van der Waals surface area contributed by atoms with E-state index >= 15 is 0 Å². The minimum Gasteiger partial charge on any atom is -0.337 e. The molecule has 0 bridgehead atoms. The normalized spacial score (nSPS) is 12.2. The number of aryl methyl sites for hydroxylation is 1. The topological polar surface area (TPSA) is 77.0 Å². The van der Waals surface area contributed by atoms with Gasteiger partial charge >= 0.3 is 0 Å². The summed E-state index contributed by atoms with van der Waals surface area (Å²) in [6.45, 7) is 3.61. The van der Waals surface area contributed by atoms with Gasteiger partial charge in [0.1, 0.15) is 11.9 Å². The largest absolute Gasteiger partial charge is 0.337 e. The van der Waals surface area contributed by atoms with E-state index in [-0.39, 0.29) is 30.0 Å². The van der Waals surface area contributed by atoms with Crippen molar-refractivity contribution < 1.29 is 13.7 Å². The predicted octanol–water partition coefficient (Wildman–Crippen LogP) is 2.60. The first kappa shape index (κ1) is 16.8. The van der Waals surface area contributed by atoms with Crippen LogP contribution in [-0.2, 0) is 11.3 Å². The molecule has 0 aliphatic carbocycles. The second kappa shape index (κ2) is 6.84. The number of carbonyl (C=O) groups excluding carboxylic acids is 1. The lowest BCUT2D eigenvalue weighted by Gasteiger charge is -2.19. The van der Waals surface area contributed by atoms with Gasteiger partial charge in [-0.05, 0) is 31.5 Å². The Morgan fingerprint density at radius 3 is 2.92 bits per heavy atom. The number of hydrogen-bond acceptors (Lipinski definition) is 5. The monoisotopic (exact) mass is 343 g/mol. The van der Waals surface area contributed by atoms with Gasteiger partial charge in [0.25, 0.3) is 0 Å². The minimum atomic E-state index is -0.436. The molecule has 0 N–H and O–H groups in total. The fraction of sp³-hybridized carbons (Fsp3) is 0.294. The van der Waals surface area contributed by atoms with Crippen molar-refractivity contribution in [3.8, 4) is 11.4 Å². The quantitative estimate of drug-likeness (QED) is 0.712. The number of rotatable bonds is 5. The minimum absolute atomic E-state index is 0.134. The first-order valence-corrected chi connectivity index (χ1v) is 7.79. The van der Waals surface area contributed by atoms with Gasteiger partial charge in [-0.2, -0.15) is 10.1 Å². The molecule has 1 amide bonds. The molecule has 7 nitrogen and oxygen atoms in total. The van der Waals surface area contributed by atoms with Gasteiger partial charge in [-0.1, -0.05) is 17.3 Å². The van der Waals surface area contributed by atoms with Crippen molar-refractivity contribution in [2.75, 3.05) is 7.05 Å². The number of benzene rings is 1. The van der Waals surface area contributed by atoms with E-state index in [0.717, 1.165) is 0 Å². The Kier molecular flexibility index (Phi) is 4.60. The molecule has 130 valence electrons. The maximum Gasteiger partial charge on any atom is 0.247 e. The summed E-state index contributed by atoms with van der Waals surface area (Å²) in [5.74, 6) is 0.100. The van der Waals surface area contributed by atoms with Crippen LogP contribution in [-0.4, -0.2) is 37.8 Å². The van der Waals surface area contributed by atoms with Gasteiger partial charge in [-0.25, -0.2) is 4.39 Å². The number of likely N-dealkylation sites (N-methyl/N-ethyl adjacent to an activating group) is 1. The van der Waals surface area contributed by atoms with Gasteiger partial charge in [0.05, 0.1) is 6.54 Å². The maximum absolute atomic E-state index is 13.7. The van der Waals surface area contributed by atoms with E-state index in [1.165, 1.54) is 11.0 Å². The molecule has 25 heavy (non-hydrogen) atoms. The Morgan fingerprint density at radius 1 is 1.44 bits per heavy atom. The van der Waals surface area contributed by atoms with Crippen molar-refractivity contribution in [3.63, 3.8) is 0 Å². The van der Waals surface area contributed by atoms with Crippen LogP contribution in [0.5, 0.6) is 0 Å². The number of aromatic nitrogens is 4. The molecular formula is C17H18FN5O2. The van der Waals surface area contributed by atoms with Crippen molar-refractivity contribution in [1.82, 2.24) is 24.8 Å². The van der Waals surface area contributed by atoms with Gasteiger partial charge in [0, 0.05) is 25.0 Å². The fourth-order valence-corrected chi connectivity index (χ4v) is 2.39. The van der Waals surface area contributed by atoms with Crippen molar-refractivity contribution in [3.05, 3.63) is 53.9 Å². The number of hydrogen-bond donors (Lipinski definition) is 0. The van der Waals surface area contributed by atoms with E-state index in [4.69, 9.17) is 4.52 Å². The number of nitrogens with zero attached hydrogens (tertiary/aromatic N) is 5. The molecule has 0 aliphatic heterocycles. The summed E-state index contributed by atoms with van der Waals surface area (Å²) in [7, 11) is 1.65. The molecule has 8 heteroatoms. The zero-order valence-corrected chi connectivity index (χ0v) is 14.2. The van der Waals surface area contributed by atoms with Crippen LogP contribution in [0.2, 0.25) is 0 Å². The van der Waals surface area contributed by atoms with Gasteiger partial charge < -0.3 is 9.42 Å². The summed E-state index contributed by atoms with van der Waals surface area (Å²) in [5.41, 5.74) is 1.07. The molecule has 0 saturated heterocycles. The lowest BCUT2D eigenvalue weighted by atomic mass is 10.1. The van der Waals surface area contributed by atoms with Crippen LogP contribution in [0.1, 0.15) is 24.4 Å². The lowest BCUT2D eigenvalue weighted by molar-refractivity contribution is -0.134. The average molecular weight is 343 g/mol. The van der Waals surface area contributed by atoms with E-state index in [0.29, 0.717) is 11.1 Å². The summed E-state index contributed by atoms with van der Waals surface area (Å²) in [6.07, 6.45) is 3.35. The van der Waals surface area contributed by atoms with E-state index in [1.54, 1.807) is 56.2 Å². The molecule has 0 radical (unpaired) electrons. The van der Waals surface area contributed by atoms with Crippen LogP contribution in [0, 0.1) is 12.7 Å². The third kappa shape index (κ3) is 3.57. The highest BCUT2D eigenvalue weighted by Crippen LogP contribution is 2.19. The summed E-state index contributed by atoms with van der Waals surface area (Å²) in [5, 5.41) is 7.92. The van der Waals surface area contributed by atoms with Crippen LogP contribution in [0.3, 0.4) is 0 Å². The molecule has 0 aliphatic rings. The van der Waals surface area contributed by atoms with Crippen molar-refractivity contribution >= 4 is 5.91 Å². The number of carbonyl (C=O) groups is 1. The van der Waals surface area contributed by atoms with Crippen LogP contribution in [0.25, 0.3) is 11.4 Å². The van der Waals surface area contributed by atoms with E-state index in [1.807, 2.05) is 0 Å². The molecule has 0 saturated carbocycles. The molecule has 0 fully saturated rings. The van der Waals surface area contributed by atoms with Gasteiger partial charge in [-0.3, -0.25) is 9.48 Å². The van der Waals surface area contributed by atoms with Crippen LogP contribution in [0.15, 0.2) is 41.2 Å². The van der Waals surface area contributed by atoms with E-state index < -0.39 is 6.04 Å². The highest BCUT2D eigenvalue weighted by Gasteiger charge is 2.21. The summed E-state index contributed by atoms with van der Waals surface area (Å²) >= 11 is 0. The molecule has 2 heterocycles. The molecule has 1 aromatic carbocycles. The Balaban J connectivity index is 1.70. The fourth-order valence-electron chi connectivity index (χ4n) is 2.39. The maximum atomic E-state index is 13.7. The second-order valence-corrected chi connectivity index (χ2v) is 5.83. The Morgan fingerprint density at radius 2 is 2.24 bits per heavy atom.